The van der Waals surface area contributed by atoms with E-state index >= 15 is 0 Å². The van der Waals surface area contributed by atoms with Crippen LogP contribution in [0.4, 0.5) is 0 Å². The van der Waals surface area contributed by atoms with Gasteiger partial charge in [0.25, 0.3) is 11.8 Å². The van der Waals surface area contributed by atoms with Gasteiger partial charge in [-0.2, -0.15) is 5.01 Å². The average Bonchev–Trinajstić information content (AvgIpc) is 2.96. The third kappa shape index (κ3) is 2.63. The van der Waals surface area contributed by atoms with Gasteiger partial charge in [-0.05, 0) is 31.7 Å². The topological polar surface area (TPSA) is 60.9 Å². The molecule has 0 aliphatic carbocycles. The minimum absolute atomic E-state index is 0.189. The zero-order chi connectivity index (χ0) is 18.3. The number of carbonyl (C=O) groups is 3. The van der Waals surface area contributed by atoms with Gasteiger partial charge in [0.2, 0.25) is 5.91 Å². The fourth-order valence-electron chi connectivity index (χ4n) is 4.43. The summed E-state index contributed by atoms with van der Waals surface area (Å²) in [5.41, 5.74) is 1.50. The summed E-state index contributed by atoms with van der Waals surface area (Å²) >= 11 is 0. The van der Waals surface area contributed by atoms with Crippen molar-refractivity contribution in [2.45, 2.75) is 51.6 Å². The van der Waals surface area contributed by atoms with Crippen molar-refractivity contribution in [3.05, 3.63) is 35.4 Å². The number of imide groups is 1. The highest BCUT2D eigenvalue weighted by Gasteiger charge is 2.49. The van der Waals surface area contributed by atoms with Crippen molar-refractivity contribution in [2.24, 2.45) is 5.92 Å². The van der Waals surface area contributed by atoms with Gasteiger partial charge < -0.3 is 0 Å². The van der Waals surface area contributed by atoms with Crippen LogP contribution in [0.3, 0.4) is 0 Å². The van der Waals surface area contributed by atoms with E-state index in [4.69, 9.17) is 0 Å². The Balaban J connectivity index is 1.76. The summed E-state index contributed by atoms with van der Waals surface area (Å²) in [6.45, 7) is 3.70. The first-order valence-corrected chi connectivity index (χ1v) is 9.66. The third-order valence-electron chi connectivity index (χ3n) is 5.85. The fourth-order valence-corrected chi connectivity index (χ4v) is 4.43. The van der Waals surface area contributed by atoms with E-state index < -0.39 is 0 Å². The van der Waals surface area contributed by atoms with Crippen LogP contribution in [-0.2, 0) is 9.59 Å². The maximum Gasteiger partial charge on any atom is 0.275 e. The van der Waals surface area contributed by atoms with Crippen molar-refractivity contribution >= 4 is 17.7 Å². The van der Waals surface area contributed by atoms with Gasteiger partial charge in [0.15, 0.2) is 0 Å². The molecule has 0 spiro atoms. The Morgan fingerprint density at radius 1 is 1.04 bits per heavy atom. The highest BCUT2D eigenvalue weighted by molar-refractivity contribution is 6.05. The van der Waals surface area contributed by atoms with E-state index in [0.29, 0.717) is 24.8 Å². The van der Waals surface area contributed by atoms with Gasteiger partial charge in [-0.25, -0.2) is 5.01 Å². The molecular formula is C20H25N3O3. The summed E-state index contributed by atoms with van der Waals surface area (Å²) in [5.74, 6) is -0.921. The van der Waals surface area contributed by atoms with Crippen molar-refractivity contribution < 1.29 is 14.4 Å². The maximum atomic E-state index is 13.2. The molecule has 4 rings (SSSR count). The van der Waals surface area contributed by atoms with Crippen molar-refractivity contribution in [2.75, 3.05) is 13.1 Å². The maximum absolute atomic E-state index is 13.2. The van der Waals surface area contributed by atoms with Gasteiger partial charge in [0, 0.05) is 36.6 Å². The minimum Gasteiger partial charge on any atom is -0.278 e. The third-order valence-corrected chi connectivity index (χ3v) is 5.85. The molecule has 0 radical (unpaired) electrons. The van der Waals surface area contributed by atoms with E-state index in [-0.39, 0.29) is 29.8 Å². The molecule has 0 aromatic heterocycles. The summed E-state index contributed by atoms with van der Waals surface area (Å²) < 4.78 is 0. The number of hydrogen-bond acceptors (Lipinski definition) is 4. The van der Waals surface area contributed by atoms with Crippen molar-refractivity contribution in [1.29, 1.82) is 0 Å². The van der Waals surface area contributed by atoms with Crippen molar-refractivity contribution in [3.63, 3.8) is 0 Å². The van der Waals surface area contributed by atoms with Gasteiger partial charge >= 0.3 is 0 Å². The summed E-state index contributed by atoms with van der Waals surface area (Å²) in [7, 11) is 0. The van der Waals surface area contributed by atoms with Gasteiger partial charge in [-0.1, -0.05) is 31.5 Å². The van der Waals surface area contributed by atoms with Crippen LogP contribution in [-0.4, -0.2) is 45.7 Å². The standard InChI is InChI=1S/C20H25N3O3/c1-2-14-10-11-17(24)22(19(14)25)23-18(21-12-6-3-7-13-21)15-8-4-5-9-16(15)20(23)26/h4-5,8-9,14,18H,2-3,6-7,10-13H2,1H3. The van der Waals surface area contributed by atoms with Gasteiger partial charge in [0.1, 0.15) is 6.17 Å². The summed E-state index contributed by atoms with van der Waals surface area (Å²) in [6.07, 6.45) is 4.54. The summed E-state index contributed by atoms with van der Waals surface area (Å²) in [4.78, 5) is 41.1. The van der Waals surface area contributed by atoms with Crippen LogP contribution in [0.2, 0.25) is 0 Å². The molecule has 2 saturated heterocycles. The van der Waals surface area contributed by atoms with Crippen LogP contribution >= 0.6 is 0 Å². The Kier molecular flexibility index (Phi) is 4.53. The molecule has 6 heteroatoms. The van der Waals surface area contributed by atoms with Gasteiger partial charge in [-0.15, -0.1) is 0 Å². The van der Waals surface area contributed by atoms with E-state index in [2.05, 4.69) is 4.90 Å². The first-order valence-electron chi connectivity index (χ1n) is 9.66. The van der Waals surface area contributed by atoms with Crippen LogP contribution in [0.25, 0.3) is 0 Å². The van der Waals surface area contributed by atoms with E-state index in [1.165, 1.54) is 16.4 Å². The number of hydrogen-bond donors (Lipinski definition) is 0. The van der Waals surface area contributed by atoms with Crippen molar-refractivity contribution in [3.8, 4) is 0 Å². The monoisotopic (exact) mass is 355 g/mol. The van der Waals surface area contributed by atoms with Crippen molar-refractivity contribution in [1.82, 2.24) is 14.9 Å². The molecule has 0 bridgehead atoms. The molecule has 26 heavy (non-hydrogen) atoms. The molecule has 2 atom stereocenters. The number of likely N-dealkylation sites (tertiary alicyclic amines) is 1. The van der Waals surface area contributed by atoms with Gasteiger partial charge in [0.05, 0.1) is 0 Å². The zero-order valence-corrected chi connectivity index (χ0v) is 15.2. The number of hydrazine groups is 1. The number of benzene rings is 1. The Labute approximate surface area is 153 Å². The smallest absolute Gasteiger partial charge is 0.275 e. The van der Waals surface area contributed by atoms with Crippen LogP contribution in [0.1, 0.15) is 67.5 Å². The molecule has 3 heterocycles. The van der Waals surface area contributed by atoms with E-state index in [9.17, 15) is 14.4 Å². The quantitative estimate of drug-likeness (QED) is 0.782. The van der Waals surface area contributed by atoms with Crippen LogP contribution < -0.4 is 0 Å². The fraction of sp³-hybridized carbons (Fsp3) is 0.550. The first-order chi connectivity index (χ1) is 12.6. The van der Waals surface area contributed by atoms with Crippen LogP contribution in [0.5, 0.6) is 0 Å². The molecule has 3 aliphatic rings. The number of piperidine rings is 2. The lowest BCUT2D eigenvalue weighted by atomic mass is 9.95. The van der Waals surface area contributed by atoms with Gasteiger partial charge in [-0.3, -0.25) is 19.3 Å². The molecule has 2 unspecified atom stereocenters. The SMILES string of the molecule is CCC1CCC(=O)N(N2C(=O)c3ccccc3C2N2CCCCC2)C1=O. The number of carbonyl (C=O) groups excluding carboxylic acids is 3. The molecule has 0 saturated carbocycles. The molecule has 6 nitrogen and oxygen atoms in total. The molecule has 0 N–H and O–H groups in total. The van der Waals surface area contributed by atoms with E-state index in [1.54, 1.807) is 6.07 Å². The zero-order valence-electron chi connectivity index (χ0n) is 15.2. The van der Waals surface area contributed by atoms with E-state index in [1.807, 2.05) is 25.1 Å². The molecule has 1 aromatic rings. The molecule has 3 amide bonds. The summed E-state index contributed by atoms with van der Waals surface area (Å²) in [6, 6.07) is 7.50. The lowest BCUT2D eigenvalue weighted by Gasteiger charge is -2.43. The largest absolute Gasteiger partial charge is 0.278 e. The molecule has 3 aliphatic heterocycles. The Morgan fingerprint density at radius 3 is 2.50 bits per heavy atom. The highest BCUT2D eigenvalue weighted by Crippen LogP contribution is 2.40. The molecular weight excluding hydrogens is 330 g/mol. The first kappa shape index (κ1) is 17.2. The molecule has 2 fully saturated rings. The summed E-state index contributed by atoms with van der Waals surface area (Å²) in [5, 5.41) is 2.61. The highest BCUT2D eigenvalue weighted by atomic mass is 16.2. The second kappa shape index (κ2) is 6.83. The normalized spacial score (nSPS) is 27.2. The Hall–Kier alpha value is -2.21. The molecule has 138 valence electrons. The van der Waals surface area contributed by atoms with E-state index in [0.717, 1.165) is 31.5 Å². The second-order valence-corrected chi connectivity index (χ2v) is 7.39. The lowest BCUT2D eigenvalue weighted by molar-refractivity contribution is -0.176. The van der Waals surface area contributed by atoms with Crippen LogP contribution in [0.15, 0.2) is 24.3 Å². The predicted octanol–water partition coefficient (Wildman–Crippen LogP) is 2.72. The molecule has 1 aromatic carbocycles. The minimum atomic E-state index is -0.359. The average molecular weight is 355 g/mol. The number of fused-ring (bicyclic) bond motifs is 1. The van der Waals surface area contributed by atoms with Crippen LogP contribution in [0, 0.1) is 5.92 Å². The lowest BCUT2D eigenvalue weighted by Crippen LogP contribution is -2.58. The Bertz CT molecular complexity index is 742. The number of amides is 3. The predicted molar refractivity (Wildman–Crippen MR) is 95.6 cm³/mol. The number of rotatable bonds is 3. The Morgan fingerprint density at radius 2 is 1.77 bits per heavy atom. The second-order valence-electron chi connectivity index (χ2n) is 7.39. The number of nitrogens with zero attached hydrogens (tertiary/aromatic N) is 3.